The maximum atomic E-state index is 6.12. The Labute approximate surface area is 127 Å². The summed E-state index contributed by atoms with van der Waals surface area (Å²) in [5.41, 5.74) is 0. The van der Waals surface area contributed by atoms with E-state index in [0.29, 0.717) is 29.5 Å². The Morgan fingerprint density at radius 1 is 1.25 bits per heavy atom. The maximum Gasteiger partial charge on any atom is 0.158 e. The fourth-order valence-corrected chi connectivity index (χ4v) is 2.54. The molecule has 0 aliphatic heterocycles. The van der Waals surface area contributed by atoms with Gasteiger partial charge in [0.15, 0.2) is 5.82 Å². The number of ether oxygens (including phenoxy) is 1. The van der Waals surface area contributed by atoms with Crippen LogP contribution in [-0.4, -0.2) is 29.7 Å². The highest BCUT2D eigenvalue weighted by Crippen LogP contribution is 2.22. The van der Waals surface area contributed by atoms with Crippen molar-refractivity contribution in [3.63, 3.8) is 0 Å². The molecular formula is C15H26ClN3O. The molecule has 0 spiro atoms. The van der Waals surface area contributed by atoms with Crippen molar-refractivity contribution in [3.8, 4) is 0 Å². The van der Waals surface area contributed by atoms with E-state index in [4.69, 9.17) is 16.3 Å². The Morgan fingerprint density at radius 3 is 2.40 bits per heavy atom. The lowest BCUT2D eigenvalue weighted by molar-refractivity contribution is 0.178. The van der Waals surface area contributed by atoms with Crippen LogP contribution in [0.4, 0.5) is 5.82 Å². The zero-order valence-corrected chi connectivity index (χ0v) is 13.9. The molecule has 20 heavy (non-hydrogen) atoms. The summed E-state index contributed by atoms with van der Waals surface area (Å²) in [6.07, 6.45) is 2.18. The lowest BCUT2D eigenvalue weighted by Gasteiger charge is -2.33. The van der Waals surface area contributed by atoms with Crippen molar-refractivity contribution in [3.05, 3.63) is 17.0 Å². The molecule has 0 aromatic carbocycles. The Hall–Kier alpha value is -0.870. The van der Waals surface area contributed by atoms with Gasteiger partial charge in [0.2, 0.25) is 0 Å². The van der Waals surface area contributed by atoms with Crippen LogP contribution in [0, 0.1) is 5.92 Å². The van der Waals surface area contributed by atoms with Crippen LogP contribution in [0.1, 0.15) is 46.4 Å². The van der Waals surface area contributed by atoms with Gasteiger partial charge in [0.1, 0.15) is 17.6 Å². The van der Waals surface area contributed by atoms with E-state index < -0.39 is 0 Å². The van der Waals surface area contributed by atoms with Gasteiger partial charge in [0, 0.05) is 25.8 Å². The molecule has 0 unspecified atom stereocenters. The second-order valence-electron chi connectivity index (χ2n) is 5.41. The molecule has 5 heteroatoms. The van der Waals surface area contributed by atoms with E-state index in [1.165, 1.54) is 0 Å². The quantitative estimate of drug-likeness (QED) is 0.682. The summed E-state index contributed by atoms with van der Waals surface area (Å²) in [7, 11) is 1.64. The van der Waals surface area contributed by atoms with Crippen LogP contribution in [0.25, 0.3) is 0 Å². The van der Waals surface area contributed by atoms with E-state index in [1.54, 1.807) is 7.11 Å². The highest BCUT2D eigenvalue weighted by Gasteiger charge is 2.19. The molecule has 114 valence electrons. The van der Waals surface area contributed by atoms with Crippen molar-refractivity contribution >= 4 is 17.4 Å². The van der Waals surface area contributed by atoms with Gasteiger partial charge in [-0.3, -0.25) is 0 Å². The molecular weight excluding hydrogens is 274 g/mol. The monoisotopic (exact) mass is 299 g/mol. The van der Waals surface area contributed by atoms with Gasteiger partial charge in [-0.05, 0) is 18.8 Å². The fourth-order valence-electron chi connectivity index (χ4n) is 2.34. The minimum absolute atomic E-state index is 0.381. The van der Waals surface area contributed by atoms with Gasteiger partial charge >= 0.3 is 0 Å². The average molecular weight is 300 g/mol. The average Bonchev–Trinajstić information content (AvgIpc) is 2.38. The Morgan fingerprint density at radius 2 is 1.90 bits per heavy atom. The molecule has 0 fully saturated rings. The number of hydrogen-bond acceptors (Lipinski definition) is 4. The van der Waals surface area contributed by atoms with Gasteiger partial charge in [-0.2, -0.15) is 0 Å². The summed E-state index contributed by atoms with van der Waals surface area (Å²) < 4.78 is 5.11. The van der Waals surface area contributed by atoms with Crippen molar-refractivity contribution in [1.82, 2.24) is 9.97 Å². The minimum Gasteiger partial charge on any atom is -0.377 e. The Kier molecular flexibility index (Phi) is 7.24. The first-order valence-corrected chi connectivity index (χ1v) is 7.68. The SMILES string of the molecule is CCC(CC)N(CC(C)C)c1cc(Cl)nc(COC)n1. The molecule has 1 aromatic heterocycles. The highest BCUT2D eigenvalue weighted by atomic mass is 35.5. The normalized spacial score (nSPS) is 11.4. The van der Waals surface area contributed by atoms with E-state index >= 15 is 0 Å². The first-order valence-electron chi connectivity index (χ1n) is 7.30. The molecule has 0 amide bonds. The van der Waals surface area contributed by atoms with Crippen LogP contribution >= 0.6 is 11.6 Å². The molecule has 0 atom stereocenters. The van der Waals surface area contributed by atoms with E-state index in [1.807, 2.05) is 6.07 Å². The van der Waals surface area contributed by atoms with E-state index in [9.17, 15) is 0 Å². The van der Waals surface area contributed by atoms with Gasteiger partial charge in [0.25, 0.3) is 0 Å². The van der Waals surface area contributed by atoms with Crippen molar-refractivity contribution in [2.45, 2.75) is 53.2 Å². The number of nitrogens with zero attached hydrogens (tertiary/aromatic N) is 3. The molecule has 1 aromatic rings. The topological polar surface area (TPSA) is 38.2 Å². The summed E-state index contributed by atoms with van der Waals surface area (Å²) >= 11 is 6.12. The van der Waals surface area contributed by atoms with Crippen molar-refractivity contribution in [2.75, 3.05) is 18.6 Å². The summed E-state index contributed by atoms with van der Waals surface area (Å²) in [4.78, 5) is 11.1. The van der Waals surface area contributed by atoms with Crippen molar-refractivity contribution < 1.29 is 4.74 Å². The Bertz CT molecular complexity index is 408. The van der Waals surface area contributed by atoms with E-state index in [-0.39, 0.29) is 0 Å². The molecule has 4 nitrogen and oxygen atoms in total. The number of halogens is 1. The first kappa shape index (κ1) is 17.2. The standard InChI is InChI=1S/C15H26ClN3O/c1-6-12(7-2)19(9-11(3)4)15-8-13(16)17-14(18-15)10-20-5/h8,11-12H,6-7,9-10H2,1-5H3. The number of anilines is 1. The largest absolute Gasteiger partial charge is 0.377 e. The predicted octanol–water partition coefficient (Wildman–Crippen LogP) is 3.93. The smallest absolute Gasteiger partial charge is 0.158 e. The van der Waals surface area contributed by atoms with Crippen molar-refractivity contribution in [2.24, 2.45) is 5.92 Å². The third-order valence-corrected chi connectivity index (χ3v) is 3.43. The van der Waals surface area contributed by atoms with Crippen LogP contribution in [0.15, 0.2) is 6.07 Å². The molecule has 0 bridgehead atoms. The van der Waals surface area contributed by atoms with Crippen LogP contribution in [0.3, 0.4) is 0 Å². The number of aromatic nitrogens is 2. The zero-order valence-electron chi connectivity index (χ0n) is 13.2. The zero-order chi connectivity index (χ0) is 15.1. The summed E-state index contributed by atoms with van der Waals surface area (Å²) in [6.45, 7) is 10.2. The first-order chi connectivity index (χ1) is 9.51. The molecule has 1 rings (SSSR count). The van der Waals surface area contributed by atoms with Crippen LogP contribution in [0.2, 0.25) is 5.15 Å². The lowest BCUT2D eigenvalue weighted by Crippen LogP contribution is -2.38. The van der Waals surface area contributed by atoms with Crippen molar-refractivity contribution in [1.29, 1.82) is 0 Å². The third-order valence-electron chi connectivity index (χ3n) is 3.24. The fraction of sp³-hybridized carbons (Fsp3) is 0.733. The third kappa shape index (κ3) is 4.91. The number of hydrogen-bond donors (Lipinski definition) is 0. The molecule has 0 radical (unpaired) electrons. The second-order valence-corrected chi connectivity index (χ2v) is 5.80. The lowest BCUT2D eigenvalue weighted by atomic mass is 10.1. The summed E-state index contributed by atoms with van der Waals surface area (Å²) in [5, 5.41) is 0.474. The van der Waals surface area contributed by atoms with E-state index in [0.717, 1.165) is 25.2 Å². The van der Waals surface area contributed by atoms with Gasteiger partial charge in [-0.1, -0.05) is 39.3 Å². The van der Waals surface area contributed by atoms with Crippen LogP contribution in [0.5, 0.6) is 0 Å². The van der Waals surface area contributed by atoms with Gasteiger partial charge < -0.3 is 9.64 Å². The minimum atomic E-state index is 0.381. The molecule has 0 saturated carbocycles. The molecule has 0 saturated heterocycles. The molecule has 0 aliphatic rings. The van der Waals surface area contributed by atoms with Crippen LogP contribution in [-0.2, 0) is 11.3 Å². The van der Waals surface area contributed by atoms with Gasteiger partial charge in [-0.15, -0.1) is 0 Å². The number of rotatable bonds is 8. The van der Waals surface area contributed by atoms with E-state index in [2.05, 4.69) is 42.6 Å². The number of methoxy groups -OCH3 is 1. The van der Waals surface area contributed by atoms with Crippen LogP contribution < -0.4 is 4.90 Å². The molecule has 0 N–H and O–H groups in total. The predicted molar refractivity (Wildman–Crippen MR) is 84.3 cm³/mol. The summed E-state index contributed by atoms with van der Waals surface area (Å²) in [6, 6.07) is 2.32. The molecule has 1 heterocycles. The highest BCUT2D eigenvalue weighted by molar-refractivity contribution is 6.29. The van der Waals surface area contributed by atoms with Gasteiger partial charge in [0.05, 0.1) is 0 Å². The summed E-state index contributed by atoms with van der Waals surface area (Å²) in [5.74, 6) is 2.10. The van der Waals surface area contributed by atoms with Gasteiger partial charge in [-0.25, -0.2) is 9.97 Å². The molecule has 0 aliphatic carbocycles. The maximum absolute atomic E-state index is 6.12. The Balaban J connectivity index is 3.11. The second kappa shape index (κ2) is 8.42.